The normalized spacial score (nSPS) is 17.1. The fourth-order valence-corrected chi connectivity index (χ4v) is 3.63. The summed E-state index contributed by atoms with van der Waals surface area (Å²) < 4.78 is 11.6. The highest BCUT2D eigenvalue weighted by Crippen LogP contribution is 2.25. The zero-order valence-electron chi connectivity index (χ0n) is 15.9. The summed E-state index contributed by atoms with van der Waals surface area (Å²) in [4.78, 5) is 17.5. The molecular weight excluding hydrogens is 411 g/mol. The number of rotatable bonds is 4. The van der Waals surface area contributed by atoms with Crippen LogP contribution in [0.2, 0.25) is 10.0 Å². The zero-order valence-corrected chi connectivity index (χ0v) is 17.4. The maximum absolute atomic E-state index is 12.9. The van der Waals surface area contributed by atoms with Crippen molar-refractivity contribution in [3.05, 3.63) is 69.2 Å². The lowest BCUT2D eigenvalue weighted by Gasteiger charge is -2.11. The fraction of sp³-hybridized carbons (Fsp3) is 0.273. The molecule has 1 atom stereocenters. The molecule has 0 saturated carbocycles. The van der Waals surface area contributed by atoms with Crippen LogP contribution in [0.25, 0.3) is 11.0 Å². The van der Waals surface area contributed by atoms with Gasteiger partial charge in [0.1, 0.15) is 11.1 Å². The number of carbonyl (C=O) groups is 1. The van der Waals surface area contributed by atoms with E-state index in [1.54, 1.807) is 30.3 Å². The van der Waals surface area contributed by atoms with Gasteiger partial charge < -0.3 is 14.5 Å². The largest absolute Gasteiger partial charge is 0.438 e. The standard InChI is InChI=1S/C22H20Cl2N2O3/c1-13-18(24)5-2-6-19(13)26-22-17(21(27)25-12-16-4-3-9-28-16)11-14-10-15(23)7-8-20(14)29-22/h2,5-8,10-11,16H,3-4,9,12H2,1H3,(H,25,27)/t16-/m0/s1. The Balaban J connectivity index is 1.79. The third-order valence-electron chi connectivity index (χ3n) is 4.93. The molecule has 4 rings (SSSR count). The summed E-state index contributed by atoms with van der Waals surface area (Å²) in [5.41, 5.74) is 2.59. The average molecular weight is 431 g/mol. The quantitative estimate of drug-likeness (QED) is 0.619. The molecule has 1 fully saturated rings. The van der Waals surface area contributed by atoms with Gasteiger partial charge in [0.2, 0.25) is 5.55 Å². The summed E-state index contributed by atoms with van der Waals surface area (Å²) in [6, 6.07) is 12.4. The van der Waals surface area contributed by atoms with Gasteiger partial charge in [-0.1, -0.05) is 29.3 Å². The number of fused-ring (bicyclic) bond motifs is 1. The van der Waals surface area contributed by atoms with E-state index in [9.17, 15) is 4.79 Å². The predicted octanol–water partition coefficient (Wildman–Crippen LogP) is 5.19. The Labute approximate surface area is 178 Å². The molecular formula is C22H20Cl2N2O3. The highest BCUT2D eigenvalue weighted by atomic mass is 35.5. The number of nitrogens with zero attached hydrogens (tertiary/aromatic N) is 1. The van der Waals surface area contributed by atoms with E-state index in [2.05, 4.69) is 10.3 Å². The minimum atomic E-state index is -0.274. The number of benzene rings is 2. The van der Waals surface area contributed by atoms with E-state index in [0.717, 1.165) is 30.4 Å². The zero-order chi connectivity index (χ0) is 20.4. The van der Waals surface area contributed by atoms with Crippen LogP contribution < -0.4 is 10.9 Å². The van der Waals surface area contributed by atoms with E-state index < -0.39 is 0 Å². The highest BCUT2D eigenvalue weighted by Gasteiger charge is 2.19. The van der Waals surface area contributed by atoms with E-state index >= 15 is 0 Å². The van der Waals surface area contributed by atoms with Gasteiger partial charge in [-0.25, -0.2) is 4.99 Å². The van der Waals surface area contributed by atoms with Gasteiger partial charge in [-0.2, -0.15) is 0 Å². The molecule has 1 aliphatic heterocycles. The van der Waals surface area contributed by atoms with Crippen molar-refractivity contribution in [2.75, 3.05) is 13.2 Å². The first kappa shape index (κ1) is 20.0. The predicted molar refractivity (Wildman–Crippen MR) is 114 cm³/mol. The summed E-state index contributed by atoms with van der Waals surface area (Å²) >= 11 is 12.3. The number of hydrogen-bond donors (Lipinski definition) is 1. The lowest BCUT2D eigenvalue weighted by molar-refractivity contribution is 0.0854. The molecule has 1 N–H and O–H groups in total. The average Bonchev–Trinajstić information content (AvgIpc) is 3.23. The van der Waals surface area contributed by atoms with E-state index in [1.165, 1.54) is 0 Å². The Morgan fingerprint density at radius 2 is 2.10 bits per heavy atom. The molecule has 0 radical (unpaired) electrons. The number of hydrogen-bond acceptors (Lipinski definition) is 4. The molecule has 1 amide bonds. The van der Waals surface area contributed by atoms with Gasteiger partial charge in [0.15, 0.2) is 0 Å². The molecule has 5 nitrogen and oxygen atoms in total. The molecule has 7 heteroatoms. The molecule has 3 aromatic rings. The first-order valence-electron chi connectivity index (χ1n) is 9.44. The van der Waals surface area contributed by atoms with Crippen LogP contribution in [0.5, 0.6) is 0 Å². The van der Waals surface area contributed by atoms with E-state index in [4.69, 9.17) is 32.4 Å². The van der Waals surface area contributed by atoms with Crippen molar-refractivity contribution in [2.24, 2.45) is 4.99 Å². The Morgan fingerprint density at radius 1 is 1.24 bits per heavy atom. The van der Waals surface area contributed by atoms with Crippen LogP contribution >= 0.6 is 23.2 Å². The maximum Gasteiger partial charge on any atom is 0.256 e. The number of ether oxygens (including phenoxy) is 1. The molecule has 0 bridgehead atoms. The second-order valence-electron chi connectivity index (χ2n) is 6.99. The van der Waals surface area contributed by atoms with Gasteiger partial charge >= 0.3 is 0 Å². The van der Waals surface area contributed by atoms with Crippen LogP contribution in [0.1, 0.15) is 28.8 Å². The Kier molecular flexibility index (Phi) is 5.90. The van der Waals surface area contributed by atoms with Crippen LogP contribution in [-0.4, -0.2) is 25.2 Å². The summed E-state index contributed by atoms with van der Waals surface area (Å²) in [5, 5.41) is 4.82. The smallest absolute Gasteiger partial charge is 0.256 e. The Morgan fingerprint density at radius 3 is 2.90 bits per heavy atom. The van der Waals surface area contributed by atoms with Crippen molar-refractivity contribution in [3.63, 3.8) is 0 Å². The van der Waals surface area contributed by atoms with Crippen molar-refractivity contribution >= 4 is 45.8 Å². The molecule has 150 valence electrons. The highest BCUT2D eigenvalue weighted by molar-refractivity contribution is 6.31. The molecule has 29 heavy (non-hydrogen) atoms. The van der Waals surface area contributed by atoms with Crippen LogP contribution in [0.15, 0.2) is 51.9 Å². The SMILES string of the molecule is Cc1c(Cl)cccc1N=c1oc2ccc(Cl)cc2cc1C(=O)NC[C@@H]1CCCO1. The molecule has 0 unspecified atom stereocenters. The van der Waals surface area contributed by atoms with Crippen LogP contribution in [0, 0.1) is 6.92 Å². The minimum absolute atomic E-state index is 0.0429. The second kappa shape index (κ2) is 8.57. The van der Waals surface area contributed by atoms with Crippen molar-refractivity contribution in [1.82, 2.24) is 5.32 Å². The van der Waals surface area contributed by atoms with Crippen molar-refractivity contribution in [1.29, 1.82) is 0 Å². The van der Waals surface area contributed by atoms with Gasteiger partial charge in [0.05, 0.1) is 11.8 Å². The summed E-state index contributed by atoms with van der Waals surface area (Å²) in [7, 11) is 0. The van der Waals surface area contributed by atoms with Crippen LogP contribution in [-0.2, 0) is 4.74 Å². The first-order valence-corrected chi connectivity index (χ1v) is 10.2. The second-order valence-corrected chi connectivity index (χ2v) is 7.83. The number of nitrogens with one attached hydrogen (secondary N) is 1. The fourth-order valence-electron chi connectivity index (χ4n) is 3.28. The van der Waals surface area contributed by atoms with Crippen molar-refractivity contribution in [3.8, 4) is 0 Å². The minimum Gasteiger partial charge on any atom is -0.438 e. The molecule has 1 aromatic heterocycles. The van der Waals surface area contributed by atoms with Gasteiger partial charge in [0, 0.05) is 28.6 Å². The molecule has 0 aliphatic carbocycles. The maximum atomic E-state index is 12.9. The molecule has 1 saturated heterocycles. The lowest BCUT2D eigenvalue weighted by atomic mass is 10.1. The van der Waals surface area contributed by atoms with E-state index in [1.807, 2.05) is 19.1 Å². The van der Waals surface area contributed by atoms with Gasteiger partial charge in [-0.3, -0.25) is 4.79 Å². The Hall–Kier alpha value is -2.34. The van der Waals surface area contributed by atoms with Crippen LogP contribution in [0.3, 0.4) is 0 Å². The number of halogens is 2. The monoisotopic (exact) mass is 430 g/mol. The summed E-state index contributed by atoms with van der Waals surface area (Å²) in [6.07, 6.45) is 2.00. The van der Waals surface area contributed by atoms with Gasteiger partial charge in [0.25, 0.3) is 5.91 Å². The van der Waals surface area contributed by atoms with E-state index in [-0.39, 0.29) is 17.6 Å². The van der Waals surface area contributed by atoms with Crippen molar-refractivity contribution in [2.45, 2.75) is 25.9 Å². The first-order chi connectivity index (χ1) is 14.0. The molecule has 1 aliphatic rings. The number of amides is 1. The van der Waals surface area contributed by atoms with Crippen LogP contribution in [0.4, 0.5) is 5.69 Å². The molecule has 0 spiro atoms. The third kappa shape index (κ3) is 4.47. The van der Waals surface area contributed by atoms with Crippen molar-refractivity contribution < 1.29 is 13.9 Å². The summed E-state index contributed by atoms with van der Waals surface area (Å²) in [6.45, 7) is 3.06. The van der Waals surface area contributed by atoms with Gasteiger partial charge in [-0.05, 0) is 61.7 Å². The molecule has 2 heterocycles. The lowest BCUT2D eigenvalue weighted by Crippen LogP contribution is -2.34. The van der Waals surface area contributed by atoms with Gasteiger partial charge in [-0.15, -0.1) is 0 Å². The third-order valence-corrected chi connectivity index (χ3v) is 5.57. The van der Waals surface area contributed by atoms with E-state index in [0.29, 0.717) is 33.4 Å². The topological polar surface area (TPSA) is 63.8 Å². The molecule has 2 aromatic carbocycles. The summed E-state index contributed by atoms with van der Waals surface area (Å²) in [5.74, 6) is -0.274. The Bertz CT molecular complexity index is 1130. The number of carbonyl (C=O) groups excluding carboxylic acids is 1.